The number of carbonyl (C=O) groups excluding carboxylic acids is 2. The van der Waals surface area contributed by atoms with Gasteiger partial charge in [0.1, 0.15) is 0 Å². The van der Waals surface area contributed by atoms with E-state index in [0.29, 0.717) is 19.4 Å². The third-order valence-corrected chi connectivity index (χ3v) is 2.54. The van der Waals surface area contributed by atoms with Crippen molar-refractivity contribution in [2.24, 2.45) is 0 Å². The molecule has 80 valence electrons. The molecular formula is C10H17NO3. The third kappa shape index (κ3) is 1.89. The van der Waals surface area contributed by atoms with E-state index in [0.717, 1.165) is 0 Å². The summed E-state index contributed by atoms with van der Waals surface area (Å²) in [5.41, 5.74) is 0. The lowest BCUT2D eigenvalue weighted by Gasteiger charge is -2.25. The van der Waals surface area contributed by atoms with Gasteiger partial charge in [0.15, 0.2) is 5.78 Å². The molecule has 0 aliphatic carbocycles. The van der Waals surface area contributed by atoms with E-state index in [1.165, 1.54) is 0 Å². The maximum atomic E-state index is 11.5. The van der Waals surface area contributed by atoms with Crippen LogP contribution < -0.4 is 0 Å². The Hall–Kier alpha value is -1.06. The summed E-state index contributed by atoms with van der Waals surface area (Å²) in [5.74, 6) is 0.146. The zero-order valence-corrected chi connectivity index (χ0v) is 8.95. The summed E-state index contributed by atoms with van der Waals surface area (Å²) < 4.78 is 4.91. The van der Waals surface area contributed by atoms with Gasteiger partial charge in [-0.15, -0.1) is 0 Å². The van der Waals surface area contributed by atoms with Crippen molar-refractivity contribution < 1.29 is 14.3 Å². The van der Waals surface area contributed by atoms with Crippen LogP contribution in [0.25, 0.3) is 0 Å². The lowest BCUT2D eigenvalue weighted by Crippen LogP contribution is -2.41. The van der Waals surface area contributed by atoms with Gasteiger partial charge in [0.2, 0.25) is 0 Å². The van der Waals surface area contributed by atoms with Crippen molar-refractivity contribution in [1.82, 2.24) is 4.90 Å². The molecule has 0 saturated carbocycles. The summed E-state index contributed by atoms with van der Waals surface area (Å²) in [5, 5.41) is 0. The van der Waals surface area contributed by atoms with Crippen LogP contribution >= 0.6 is 0 Å². The number of nitrogens with zero attached hydrogens (tertiary/aromatic N) is 1. The molecule has 0 unspecified atom stereocenters. The summed E-state index contributed by atoms with van der Waals surface area (Å²) in [6.07, 6.45) is 0.761. The largest absolute Gasteiger partial charge is 0.450 e. The van der Waals surface area contributed by atoms with Crippen LogP contribution in [0.4, 0.5) is 4.79 Å². The van der Waals surface area contributed by atoms with Gasteiger partial charge in [0.25, 0.3) is 0 Å². The van der Waals surface area contributed by atoms with Gasteiger partial charge in [0.05, 0.1) is 12.6 Å². The smallest absolute Gasteiger partial charge is 0.410 e. The number of rotatable bonds is 2. The fourth-order valence-corrected chi connectivity index (χ4v) is 1.92. The van der Waals surface area contributed by atoms with Crippen molar-refractivity contribution in [1.29, 1.82) is 0 Å². The van der Waals surface area contributed by atoms with E-state index in [2.05, 4.69) is 0 Å². The van der Waals surface area contributed by atoms with Crippen LogP contribution in [0.5, 0.6) is 0 Å². The Morgan fingerprint density at radius 3 is 2.71 bits per heavy atom. The number of ether oxygens (including phenoxy) is 1. The SMILES string of the molecule is CCOC(=O)N1[C@@H](C)CC(=O)[C@@H]1CC. The van der Waals surface area contributed by atoms with Gasteiger partial charge < -0.3 is 4.74 Å². The Bertz CT molecular complexity index is 240. The maximum Gasteiger partial charge on any atom is 0.410 e. The average molecular weight is 199 g/mol. The lowest BCUT2D eigenvalue weighted by atomic mass is 10.1. The summed E-state index contributed by atoms with van der Waals surface area (Å²) in [6, 6.07) is -0.296. The van der Waals surface area contributed by atoms with Gasteiger partial charge >= 0.3 is 6.09 Å². The first kappa shape index (κ1) is 11.0. The van der Waals surface area contributed by atoms with Crippen LogP contribution in [0.3, 0.4) is 0 Å². The zero-order chi connectivity index (χ0) is 10.7. The molecule has 4 nitrogen and oxygen atoms in total. The molecule has 0 aromatic heterocycles. The number of hydrogen-bond donors (Lipinski definition) is 0. The van der Waals surface area contributed by atoms with Gasteiger partial charge in [0, 0.05) is 12.5 Å². The molecule has 0 bridgehead atoms. The Balaban J connectivity index is 2.74. The van der Waals surface area contributed by atoms with Gasteiger partial charge in [-0.2, -0.15) is 0 Å². The highest BCUT2D eigenvalue weighted by Gasteiger charge is 2.40. The van der Waals surface area contributed by atoms with Crippen molar-refractivity contribution in [3.05, 3.63) is 0 Å². The predicted molar refractivity (Wildman–Crippen MR) is 52.0 cm³/mol. The average Bonchev–Trinajstić information content (AvgIpc) is 2.40. The molecule has 0 spiro atoms. The van der Waals surface area contributed by atoms with Crippen LogP contribution in [0.15, 0.2) is 0 Å². The normalized spacial score (nSPS) is 26.8. The Labute approximate surface area is 84.2 Å². The molecule has 0 radical (unpaired) electrons. The van der Waals surface area contributed by atoms with E-state index in [1.807, 2.05) is 13.8 Å². The van der Waals surface area contributed by atoms with Crippen LogP contribution in [0.2, 0.25) is 0 Å². The summed E-state index contributed by atoms with van der Waals surface area (Å²) >= 11 is 0. The predicted octanol–water partition coefficient (Wildman–Crippen LogP) is 1.58. The molecule has 4 heteroatoms. The number of likely N-dealkylation sites (tertiary alicyclic amines) is 1. The first-order chi connectivity index (χ1) is 6.61. The molecule has 1 saturated heterocycles. The molecule has 1 aliphatic heterocycles. The molecule has 0 aromatic carbocycles. The number of ketones is 1. The number of hydrogen-bond acceptors (Lipinski definition) is 3. The van der Waals surface area contributed by atoms with Crippen molar-refractivity contribution >= 4 is 11.9 Å². The molecule has 14 heavy (non-hydrogen) atoms. The highest BCUT2D eigenvalue weighted by atomic mass is 16.6. The Morgan fingerprint density at radius 2 is 2.21 bits per heavy atom. The first-order valence-electron chi connectivity index (χ1n) is 5.09. The van der Waals surface area contributed by atoms with Crippen molar-refractivity contribution in [2.45, 2.75) is 45.7 Å². The number of amides is 1. The Kier molecular flexibility index (Phi) is 3.49. The summed E-state index contributed by atoms with van der Waals surface area (Å²) in [6.45, 7) is 5.91. The number of carbonyl (C=O) groups is 2. The number of Topliss-reactive ketones (excluding diaryl/α,β-unsaturated/α-hetero) is 1. The molecule has 0 N–H and O–H groups in total. The van der Waals surface area contributed by atoms with Crippen molar-refractivity contribution in [2.75, 3.05) is 6.61 Å². The van der Waals surface area contributed by atoms with Crippen LogP contribution in [-0.4, -0.2) is 35.5 Å². The summed E-state index contributed by atoms with van der Waals surface area (Å²) in [4.78, 5) is 24.6. The quantitative estimate of drug-likeness (QED) is 0.678. The summed E-state index contributed by atoms with van der Waals surface area (Å²) in [7, 11) is 0. The van der Waals surface area contributed by atoms with Gasteiger partial charge in [-0.3, -0.25) is 9.69 Å². The van der Waals surface area contributed by atoms with Gasteiger partial charge in [-0.25, -0.2) is 4.79 Å². The van der Waals surface area contributed by atoms with E-state index in [1.54, 1.807) is 11.8 Å². The van der Waals surface area contributed by atoms with Crippen molar-refractivity contribution in [3.8, 4) is 0 Å². The molecule has 2 atom stereocenters. The van der Waals surface area contributed by atoms with E-state index < -0.39 is 0 Å². The van der Waals surface area contributed by atoms with Gasteiger partial charge in [-0.1, -0.05) is 6.92 Å². The standard InChI is InChI=1S/C10H17NO3/c1-4-8-9(12)6-7(3)11(8)10(13)14-5-2/h7-8H,4-6H2,1-3H3/t7-,8-/m0/s1. The monoisotopic (exact) mass is 199 g/mol. The van der Waals surface area contributed by atoms with Crippen LogP contribution in [0, 0.1) is 0 Å². The van der Waals surface area contributed by atoms with E-state index in [-0.39, 0.29) is 24.0 Å². The maximum absolute atomic E-state index is 11.5. The van der Waals surface area contributed by atoms with E-state index in [4.69, 9.17) is 4.74 Å². The van der Waals surface area contributed by atoms with Crippen molar-refractivity contribution in [3.63, 3.8) is 0 Å². The van der Waals surface area contributed by atoms with Gasteiger partial charge in [-0.05, 0) is 20.3 Å². The Morgan fingerprint density at radius 1 is 1.57 bits per heavy atom. The topological polar surface area (TPSA) is 46.6 Å². The highest BCUT2D eigenvalue weighted by Crippen LogP contribution is 2.23. The lowest BCUT2D eigenvalue weighted by molar-refractivity contribution is -0.119. The minimum Gasteiger partial charge on any atom is -0.450 e. The molecule has 1 amide bonds. The molecule has 1 heterocycles. The second-order valence-corrected chi connectivity index (χ2v) is 3.55. The molecule has 1 aliphatic rings. The first-order valence-corrected chi connectivity index (χ1v) is 5.09. The fourth-order valence-electron chi connectivity index (χ4n) is 1.92. The molecule has 0 aromatic rings. The second-order valence-electron chi connectivity index (χ2n) is 3.55. The van der Waals surface area contributed by atoms with E-state index >= 15 is 0 Å². The highest BCUT2D eigenvalue weighted by molar-refractivity contribution is 5.91. The molecule has 1 rings (SSSR count). The minimum atomic E-state index is -0.363. The third-order valence-electron chi connectivity index (χ3n) is 2.54. The molecular weight excluding hydrogens is 182 g/mol. The minimum absolute atomic E-state index is 0.0218. The van der Waals surface area contributed by atoms with E-state index in [9.17, 15) is 9.59 Å². The molecule has 1 fully saturated rings. The van der Waals surface area contributed by atoms with Crippen LogP contribution in [0.1, 0.15) is 33.6 Å². The zero-order valence-electron chi connectivity index (χ0n) is 8.95. The van der Waals surface area contributed by atoms with Crippen LogP contribution in [-0.2, 0) is 9.53 Å². The fraction of sp³-hybridized carbons (Fsp3) is 0.800. The second kappa shape index (κ2) is 4.44.